The molecule has 1 saturated heterocycles. The summed E-state index contributed by atoms with van der Waals surface area (Å²) in [5, 5.41) is 0. The molecule has 14 heavy (non-hydrogen) atoms. The zero-order chi connectivity index (χ0) is 10.6. The van der Waals surface area contributed by atoms with Crippen LogP contribution in [0.15, 0.2) is 0 Å². The van der Waals surface area contributed by atoms with Crippen LogP contribution in [0.25, 0.3) is 0 Å². The highest BCUT2D eigenvalue weighted by atomic mass is 16.5. The Balaban J connectivity index is 2.12. The number of nitrogens with zero attached hydrogens (tertiary/aromatic N) is 1. The monoisotopic (exact) mass is 199 g/mol. The Hall–Kier alpha value is -0.0800. The Bertz CT molecular complexity index is 156. The van der Waals surface area contributed by atoms with Crippen LogP contribution < -0.4 is 0 Å². The van der Waals surface area contributed by atoms with Gasteiger partial charge in [0.2, 0.25) is 0 Å². The van der Waals surface area contributed by atoms with Crippen molar-refractivity contribution in [1.29, 1.82) is 0 Å². The molecule has 1 rings (SSSR count). The fourth-order valence-electron chi connectivity index (χ4n) is 1.75. The highest BCUT2D eigenvalue weighted by Crippen LogP contribution is 2.19. The Kier molecular flexibility index (Phi) is 4.39. The highest BCUT2D eigenvalue weighted by Gasteiger charge is 2.18. The minimum Gasteiger partial charge on any atom is -0.377 e. The summed E-state index contributed by atoms with van der Waals surface area (Å²) in [6.45, 7) is 10.2. The summed E-state index contributed by atoms with van der Waals surface area (Å²) in [4.78, 5) is 2.40. The summed E-state index contributed by atoms with van der Waals surface area (Å²) in [6, 6.07) is 0. The molecule has 0 spiro atoms. The molecule has 0 saturated carbocycles. The summed E-state index contributed by atoms with van der Waals surface area (Å²) in [5.74, 6) is 0. The Morgan fingerprint density at radius 2 is 2.07 bits per heavy atom. The van der Waals surface area contributed by atoms with E-state index in [-0.39, 0.29) is 0 Å². The zero-order valence-electron chi connectivity index (χ0n) is 10.2. The highest BCUT2D eigenvalue weighted by molar-refractivity contribution is 4.70. The van der Waals surface area contributed by atoms with Crippen LogP contribution in [0.3, 0.4) is 0 Å². The van der Waals surface area contributed by atoms with Gasteiger partial charge >= 0.3 is 0 Å². The molecule has 1 aliphatic heterocycles. The topological polar surface area (TPSA) is 12.5 Å². The van der Waals surface area contributed by atoms with Crippen molar-refractivity contribution in [2.24, 2.45) is 5.41 Å². The van der Waals surface area contributed by atoms with Gasteiger partial charge in [0, 0.05) is 13.2 Å². The van der Waals surface area contributed by atoms with Crippen LogP contribution in [0, 0.1) is 5.41 Å². The van der Waals surface area contributed by atoms with Gasteiger partial charge in [-0.3, -0.25) is 0 Å². The van der Waals surface area contributed by atoms with Crippen LogP contribution in [0.4, 0.5) is 0 Å². The van der Waals surface area contributed by atoms with E-state index in [4.69, 9.17) is 4.74 Å². The van der Waals surface area contributed by atoms with E-state index in [1.54, 1.807) is 0 Å². The van der Waals surface area contributed by atoms with Crippen molar-refractivity contribution in [1.82, 2.24) is 4.90 Å². The van der Waals surface area contributed by atoms with E-state index < -0.39 is 0 Å². The third kappa shape index (κ3) is 4.97. The summed E-state index contributed by atoms with van der Waals surface area (Å²) >= 11 is 0. The number of rotatable bonds is 4. The number of hydrogen-bond donors (Lipinski definition) is 0. The van der Waals surface area contributed by atoms with Gasteiger partial charge < -0.3 is 9.64 Å². The quantitative estimate of drug-likeness (QED) is 0.690. The van der Waals surface area contributed by atoms with Crippen molar-refractivity contribution in [2.45, 2.75) is 46.1 Å². The lowest BCUT2D eigenvalue weighted by atomic mass is 9.92. The first-order valence-corrected chi connectivity index (χ1v) is 5.77. The van der Waals surface area contributed by atoms with Crippen molar-refractivity contribution in [3.8, 4) is 0 Å². The van der Waals surface area contributed by atoms with Crippen molar-refractivity contribution >= 4 is 0 Å². The minimum atomic E-state index is 0.449. The van der Waals surface area contributed by atoms with Gasteiger partial charge in [-0.1, -0.05) is 20.8 Å². The van der Waals surface area contributed by atoms with Crippen LogP contribution in [0.5, 0.6) is 0 Å². The van der Waals surface area contributed by atoms with Crippen LogP contribution >= 0.6 is 0 Å². The van der Waals surface area contributed by atoms with Crippen molar-refractivity contribution in [3.05, 3.63) is 0 Å². The first-order valence-electron chi connectivity index (χ1n) is 5.77. The maximum atomic E-state index is 5.61. The molecule has 0 aliphatic carbocycles. The zero-order valence-corrected chi connectivity index (χ0v) is 10.2. The van der Waals surface area contributed by atoms with E-state index in [9.17, 15) is 0 Å². The van der Waals surface area contributed by atoms with Gasteiger partial charge in [-0.15, -0.1) is 0 Å². The third-order valence-corrected chi connectivity index (χ3v) is 2.78. The standard InChI is InChI=1S/C12H25NO/c1-12(2,3)7-8-13(4)10-11-6-5-9-14-11/h11H,5-10H2,1-4H3. The first-order chi connectivity index (χ1) is 6.47. The molecule has 2 nitrogen and oxygen atoms in total. The van der Waals surface area contributed by atoms with E-state index in [1.807, 2.05) is 0 Å². The molecular weight excluding hydrogens is 174 g/mol. The molecule has 1 fully saturated rings. The molecule has 0 aromatic carbocycles. The molecule has 0 aromatic rings. The molecule has 0 N–H and O–H groups in total. The molecule has 1 heterocycles. The molecule has 84 valence electrons. The molecule has 0 radical (unpaired) electrons. The average Bonchev–Trinajstić information content (AvgIpc) is 2.52. The Morgan fingerprint density at radius 1 is 1.36 bits per heavy atom. The third-order valence-electron chi connectivity index (χ3n) is 2.78. The van der Waals surface area contributed by atoms with Crippen molar-refractivity contribution in [2.75, 3.05) is 26.7 Å². The summed E-state index contributed by atoms with van der Waals surface area (Å²) in [6.07, 6.45) is 4.26. The lowest BCUT2D eigenvalue weighted by molar-refractivity contribution is 0.0781. The maximum absolute atomic E-state index is 5.61. The maximum Gasteiger partial charge on any atom is 0.0702 e. The van der Waals surface area contributed by atoms with Gasteiger partial charge in [-0.25, -0.2) is 0 Å². The molecule has 0 aromatic heterocycles. The second-order valence-electron chi connectivity index (χ2n) is 5.71. The Labute approximate surface area is 88.6 Å². The second-order valence-corrected chi connectivity index (χ2v) is 5.71. The number of likely N-dealkylation sites (N-methyl/N-ethyl adjacent to an activating group) is 1. The van der Waals surface area contributed by atoms with E-state index in [1.165, 1.54) is 25.8 Å². The van der Waals surface area contributed by atoms with E-state index in [2.05, 4.69) is 32.7 Å². The van der Waals surface area contributed by atoms with Gasteiger partial charge in [-0.2, -0.15) is 0 Å². The molecular formula is C12H25NO. The van der Waals surface area contributed by atoms with E-state index in [0.29, 0.717) is 11.5 Å². The van der Waals surface area contributed by atoms with Crippen molar-refractivity contribution < 1.29 is 4.74 Å². The summed E-state index contributed by atoms with van der Waals surface area (Å²) in [7, 11) is 2.20. The van der Waals surface area contributed by atoms with Crippen LogP contribution in [0.1, 0.15) is 40.0 Å². The first kappa shape index (κ1) is 12.0. The van der Waals surface area contributed by atoms with Crippen LogP contribution in [-0.4, -0.2) is 37.7 Å². The van der Waals surface area contributed by atoms with Gasteiger partial charge in [0.25, 0.3) is 0 Å². The molecule has 1 unspecified atom stereocenters. The normalized spacial score (nSPS) is 23.4. The average molecular weight is 199 g/mol. The molecule has 1 atom stereocenters. The largest absolute Gasteiger partial charge is 0.377 e. The smallest absolute Gasteiger partial charge is 0.0702 e. The minimum absolute atomic E-state index is 0.449. The lowest BCUT2D eigenvalue weighted by Gasteiger charge is -2.25. The van der Waals surface area contributed by atoms with Crippen LogP contribution in [0.2, 0.25) is 0 Å². The summed E-state index contributed by atoms with van der Waals surface area (Å²) in [5.41, 5.74) is 0.449. The van der Waals surface area contributed by atoms with E-state index >= 15 is 0 Å². The SMILES string of the molecule is CN(CCC(C)(C)C)CC1CCCO1. The fraction of sp³-hybridized carbons (Fsp3) is 1.00. The van der Waals surface area contributed by atoms with E-state index in [0.717, 1.165) is 13.2 Å². The van der Waals surface area contributed by atoms with Gasteiger partial charge in [0.05, 0.1) is 6.10 Å². The second kappa shape index (κ2) is 5.13. The van der Waals surface area contributed by atoms with Gasteiger partial charge in [0.15, 0.2) is 0 Å². The number of ether oxygens (including phenoxy) is 1. The predicted octanol–water partition coefficient (Wildman–Crippen LogP) is 2.53. The van der Waals surface area contributed by atoms with Crippen molar-refractivity contribution in [3.63, 3.8) is 0 Å². The lowest BCUT2D eigenvalue weighted by Crippen LogP contribution is -2.31. The molecule has 2 heteroatoms. The van der Waals surface area contributed by atoms with Gasteiger partial charge in [-0.05, 0) is 38.3 Å². The molecule has 1 aliphatic rings. The molecule has 0 amide bonds. The Morgan fingerprint density at radius 3 is 2.57 bits per heavy atom. The number of hydrogen-bond acceptors (Lipinski definition) is 2. The fourth-order valence-corrected chi connectivity index (χ4v) is 1.75. The predicted molar refractivity (Wildman–Crippen MR) is 60.5 cm³/mol. The molecule has 0 bridgehead atoms. The summed E-state index contributed by atoms with van der Waals surface area (Å²) < 4.78 is 5.61. The van der Waals surface area contributed by atoms with Crippen LogP contribution in [-0.2, 0) is 4.74 Å². The van der Waals surface area contributed by atoms with Gasteiger partial charge in [0.1, 0.15) is 0 Å².